The van der Waals surface area contributed by atoms with E-state index in [0.29, 0.717) is 5.92 Å². The molecule has 0 saturated carbocycles. The standard InChI is InChI=1S/C13H16N2O2/c1-8(2)5-12-10-6-9(7-13(16)17)3-4-11(10)14-15-12/h3-4,6,8H,5,7H2,1-2H3,(H,14,15)(H,16,17). The van der Waals surface area contributed by atoms with E-state index in [9.17, 15) is 4.79 Å². The molecule has 0 amide bonds. The molecule has 4 nitrogen and oxygen atoms in total. The van der Waals surface area contributed by atoms with Crippen molar-refractivity contribution in [2.75, 3.05) is 0 Å². The van der Waals surface area contributed by atoms with Crippen molar-refractivity contribution < 1.29 is 9.90 Å². The van der Waals surface area contributed by atoms with Crippen molar-refractivity contribution in [3.8, 4) is 0 Å². The summed E-state index contributed by atoms with van der Waals surface area (Å²) in [7, 11) is 0. The van der Waals surface area contributed by atoms with Crippen LogP contribution in [-0.4, -0.2) is 21.3 Å². The molecule has 2 aromatic rings. The molecule has 0 aliphatic carbocycles. The summed E-state index contributed by atoms with van der Waals surface area (Å²) < 4.78 is 0. The Kier molecular flexibility index (Phi) is 3.13. The van der Waals surface area contributed by atoms with Gasteiger partial charge in [-0.05, 0) is 30.0 Å². The Bertz CT molecular complexity index is 543. The van der Waals surface area contributed by atoms with E-state index >= 15 is 0 Å². The molecule has 0 aliphatic rings. The molecule has 0 radical (unpaired) electrons. The predicted molar refractivity (Wildman–Crippen MR) is 66.0 cm³/mol. The first kappa shape index (κ1) is 11.6. The molecule has 0 bridgehead atoms. The van der Waals surface area contributed by atoms with E-state index in [1.165, 1.54) is 0 Å². The van der Waals surface area contributed by atoms with Gasteiger partial charge in [0.05, 0.1) is 11.9 Å². The Morgan fingerprint density at radius 3 is 2.88 bits per heavy atom. The normalized spacial score (nSPS) is 11.2. The van der Waals surface area contributed by atoms with Gasteiger partial charge in [0.2, 0.25) is 0 Å². The van der Waals surface area contributed by atoms with Crippen LogP contribution in [0.4, 0.5) is 0 Å². The van der Waals surface area contributed by atoms with Gasteiger partial charge < -0.3 is 5.11 Å². The smallest absolute Gasteiger partial charge is 0.307 e. The quantitative estimate of drug-likeness (QED) is 0.850. The van der Waals surface area contributed by atoms with Gasteiger partial charge in [-0.3, -0.25) is 9.89 Å². The second-order valence-corrected chi connectivity index (χ2v) is 4.72. The zero-order valence-electron chi connectivity index (χ0n) is 10.0. The molecule has 0 aliphatic heterocycles. The highest BCUT2D eigenvalue weighted by molar-refractivity contribution is 5.83. The molecular formula is C13H16N2O2. The number of aliphatic carboxylic acids is 1. The Labute approximate surface area is 99.7 Å². The molecule has 1 aromatic heterocycles. The number of aromatic amines is 1. The van der Waals surface area contributed by atoms with Crippen LogP contribution >= 0.6 is 0 Å². The molecule has 2 N–H and O–H groups in total. The maximum absolute atomic E-state index is 10.7. The van der Waals surface area contributed by atoms with Crippen LogP contribution in [0.3, 0.4) is 0 Å². The van der Waals surface area contributed by atoms with Crippen molar-refractivity contribution in [1.29, 1.82) is 0 Å². The number of carbonyl (C=O) groups is 1. The summed E-state index contributed by atoms with van der Waals surface area (Å²) >= 11 is 0. The van der Waals surface area contributed by atoms with Crippen LogP contribution in [0.2, 0.25) is 0 Å². The summed E-state index contributed by atoms with van der Waals surface area (Å²) in [5, 5.41) is 17.1. The van der Waals surface area contributed by atoms with Crippen molar-refractivity contribution in [2.45, 2.75) is 26.7 Å². The minimum Gasteiger partial charge on any atom is -0.481 e. The number of nitrogens with one attached hydrogen (secondary N) is 1. The van der Waals surface area contributed by atoms with Gasteiger partial charge in [0.25, 0.3) is 0 Å². The summed E-state index contributed by atoms with van der Waals surface area (Å²) in [6.45, 7) is 4.29. The number of carboxylic acid groups (broad SMARTS) is 1. The van der Waals surface area contributed by atoms with Gasteiger partial charge in [0.1, 0.15) is 0 Å². The van der Waals surface area contributed by atoms with E-state index in [1.54, 1.807) is 0 Å². The second kappa shape index (κ2) is 4.57. The van der Waals surface area contributed by atoms with Crippen molar-refractivity contribution in [1.82, 2.24) is 10.2 Å². The number of aromatic nitrogens is 2. The molecule has 1 aromatic carbocycles. The van der Waals surface area contributed by atoms with Gasteiger partial charge in [-0.25, -0.2) is 0 Å². The van der Waals surface area contributed by atoms with Gasteiger partial charge in [0.15, 0.2) is 0 Å². The first-order chi connectivity index (χ1) is 8.06. The van der Waals surface area contributed by atoms with Gasteiger partial charge in [-0.1, -0.05) is 19.9 Å². The number of carboxylic acids is 1. The molecule has 17 heavy (non-hydrogen) atoms. The maximum atomic E-state index is 10.7. The monoisotopic (exact) mass is 232 g/mol. The molecule has 4 heteroatoms. The van der Waals surface area contributed by atoms with E-state index in [1.807, 2.05) is 18.2 Å². The van der Waals surface area contributed by atoms with Gasteiger partial charge >= 0.3 is 5.97 Å². The summed E-state index contributed by atoms with van der Waals surface area (Å²) in [4.78, 5) is 10.7. The maximum Gasteiger partial charge on any atom is 0.307 e. The molecule has 0 spiro atoms. The SMILES string of the molecule is CC(C)Cc1[nH]nc2ccc(CC(=O)O)cc12. The van der Waals surface area contributed by atoms with Crippen LogP contribution < -0.4 is 0 Å². The third kappa shape index (κ3) is 2.64. The Morgan fingerprint density at radius 1 is 1.47 bits per heavy atom. The third-order valence-electron chi connectivity index (χ3n) is 2.67. The number of hydrogen-bond acceptors (Lipinski definition) is 2. The van der Waals surface area contributed by atoms with Crippen molar-refractivity contribution >= 4 is 16.9 Å². The zero-order chi connectivity index (χ0) is 12.4. The van der Waals surface area contributed by atoms with Crippen molar-refractivity contribution in [3.63, 3.8) is 0 Å². The largest absolute Gasteiger partial charge is 0.481 e. The molecule has 0 unspecified atom stereocenters. The van der Waals surface area contributed by atoms with Crippen LogP contribution in [0.15, 0.2) is 18.2 Å². The molecule has 90 valence electrons. The lowest BCUT2D eigenvalue weighted by atomic mass is 10.0. The predicted octanol–water partition coefficient (Wildman–Crippen LogP) is 2.39. The number of fused-ring (bicyclic) bond motifs is 1. The topological polar surface area (TPSA) is 66.0 Å². The van der Waals surface area contributed by atoms with Gasteiger partial charge in [-0.2, -0.15) is 5.10 Å². The first-order valence-electron chi connectivity index (χ1n) is 5.74. The van der Waals surface area contributed by atoms with E-state index in [0.717, 1.165) is 28.6 Å². The molecule has 0 saturated heterocycles. The highest BCUT2D eigenvalue weighted by atomic mass is 16.4. The fourth-order valence-corrected chi connectivity index (χ4v) is 1.96. The average Bonchev–Trinajstić information content (AvgIpc) is 2.59. The van der Waals surface area contributed by atoms with E-state index in [4.69, 9.17) is 5.11 Å². The summed E-state index contributed by atoms with van der Waals surface area (Å²) in [5.41, 5.74) is 2.80. The Hall–Kier alpha value is -1.84. The number of hydrogen-bond donors (Lipinski definition) is 2. The van der Waals surface area contributed by atoms with Crippen LogP contribution in [0, 0.1) is 5.92 Å². The van der Waals surface area contributed by atoms with Crippen LogP contribution in [-0.2, 0) is 17.6 Å². The van der Waals surface area contributed by atoms with E-state index in [2.05, 4.69) is 24.0 Å². The minimum absolute atomic E-state index is 0.0578. The lowest BCUT2D eigenvalue weighted by Gasteiger charge is -2.03. The Morgan fingerprint density at radius 2 is 2.24 bits per heavy atom. The van der Waals surface area contributed by atoms with Crippen LogP contribution in [0.1, 0.15) is 25.1 Å². The van der Waals surface area contributed by atoms with Crippen molar-refractivity contribution in [2.24, 2.45) is 5.92 Å². The number of nitrogens with zero attached hydrogens (tertiary/aromatic N) is 1. The van der Waals surface area contributed by atoms with Gasteiger partial charge in [-0.15, -0.1) is 0 Å². The van der Waals surface area contributed by atoms with Crippen LogP contribution in [0.25, 0.3) is 10.9 Å². The number of rotatable bonds is 4. The first-order valence-corrected chi connectivity index (χ1v) is 5.74. The fraction of sp³-hybridized carbons (Fsp3) is 0.385. The van der Waals surface area contributed by atoms with Gasteiger partial charge in [0, 0.05) is 11.1 Å². The lowest BCUT2D eigenvalue weighted by Crippen LogP contribution is -2.00. The molecule has 2 rings (SSSR count). The molecular weight excluding hydrogens is 216 g/mol. The van der Waals surface area contributed by atoms with Crippen LogP contribution in [0.5, 0.6) is 0 Å². The van der Waals surface area contributed by atoms with E-state index in [-0.39, 0.29) is 6.42 Å². The summed E-state index contributed by atoms with van der Waals surface area (Å²) in [6.07, 6.45) is 0.981. The van der Waals surface area contributed by atoms with Crippen molar-refractivity contribution in [3.05, 3.63) is 29.5 Å². The Balaban J connectivity index is 2.39. The fourth-order valence-electron chi connectivity index (χ4n) is 1.96. The molecule has 0 fully saturated rings. The molecule has 1 heterocycles. The number of benzene rings is 1. The minimum atomic E-state index is -0.807. The van der Waals surface area contributed by atoms with E-state index < -0.39 is 5.97 Å². The summed E-state index contributed by atoms with van der Waals surface area (Å²) in [6, 6.07) is 5.61. The summed E-state index contributed by atoms with van der Waals surface area (Å²) in [5.74, 6) is -0.264. The number of H-pyrrole nitrogens is 1. The lowest BCUT2D eigenvalue weighted by molar-refractivity contribution is -0.136. The second-order valence-electron chi connectivity index (χ2n) is 4.72. The highest BCUT2D eigenvalue weighted by Gasteiger charge is 2.09. The third-order valence-corrected chi connectivity index (χ3v) is 2.67. The zero-order valence-corrected chi connectivity index (χ0v) is 10.0. The average molecular weight is 232 g/mol. The molecule has 0 atom stereocenters. The highest BCUT2D eigenvalue weighted by Crippen LogP contribution is 2.20.